The van der Waals surface area contributed by atoms with Crippen LogP contribution in [-0.2, 0) is 6.54 Å². The molecule has 0 atom stereocenters. The second-order valence-electron chi connectivity index (χ2n) is 6.51. The van der Waals surface area contributed by atoms with Gasteiger partial charge in [-0.2, -0.15) is 10.4 Å². The van der Waals surface area contributed by atoms with Crippen molar-refractivity contribution in [3.05, 3.63) is 80.9 Å². The van der Waals surface area contributed by atoms with Crippen molar-refractivity contribution in [1.29, 1.82) is 5.26 Å². The molecular formula is C21H19N5O2. The van der Waals surface area contributed by atoms with Crippen LogP contribution in [0.15, 0.2) is 57.7 Å². The molecule has 0 unspecified atom stereocenters. The fraction of sp³-hybridized carbons (Fsp3) is 0.190. The van der Waals surface area contributed by atoms with Crippen molar-refractivity contribution >= 4 is 11.4 Å². The van der Waals surface area contributed by atoms with E-state index in [-0.39, 0.29) is 23.7 Å². The van der Waals surface area contributed by atoms with E-state index in [9.17, 15) is 15.2 Å². The van der Waals surface area contributed by atoms with Crippen LogP contribution < -0.4 is 5.56 Å². The molecule has 7 heteroatoms. The van der Waals surface area contributed by atoms with Gasteiger partial charge in [-0.1, -0.05) is 12.1 Å². The van der Waals surface area contributed by atoms with Crippen molar-refractivity contribution in [3.8, 4) is 11.9 Å². The molecule has 0 aliphatic heterocycles. The van der Waals surface area contributed by atoms with E-state index in [0.717, 1.165) is 15.7 Å². The van der Waals surface area contributed by atoms with E-state index >= 15 is 0 Å². The number of hydrogen-bond acceptors (Lipinski definition) is 6. The summed E-state index contributed by atoms with van der Waals surface area (Å²) in [4.78, 5) is 17.0. The van der Waals surface area contributed by atoms with Gasteiger partial charge in [-0.3, -0.25) is 14.3 Å². The molecule has 0 radical (unpaired) electrons. The third-order valence-electron chi connectivity index (χ3n) is 4.59. The van der Waals surface area contributed by atoms with Crippen LogP contribution in [0.1, 0.15) is 27.8 Å². The highest BCUT2D eigenvalue weighted by atomic mass is 16.3. The molecule has 0 fully saturated rings. The molecule has 0 bridgehead atoms. The fourth-order valence-electron chi connectivity index (χ4n) is 2.77. The summed E-state index contributed by atoms with van der Waals surface area (Å²) < 4.78 is 1.11. The average molecular weight is 373 g/mol. The number of nitriles is 1. The Kier molecular flexibility index (Phi) is 5.32. The number of rotatable bonds is 4. The molecule has 1 aromatic carbocycles. The number of pyridine rings is 2. The first kappa shape index (κ1) is 19.0. The Morgan fingerprint density at radius 2 is 1.96 bits per heavy atom. The molecular weight excluding hydrogens is 354 g/mol. The number of aryl methyl sites for hydroxylation is 2. The highest BCUT2D eigenvalue weighted by Gasteiger charge is 2.19. The summed E-state index contributed by atoms with van der Waals surface area (Å²) in [6, 6.07) is 11.1. The van der Waals surface area contributed by atoms with Gasteiger partial charge in [0.25, 0.3) is 5.56 Å². The van der Waals surface area contributed by atoms with Gasteiger partial charge in [0, 0.05) is 18.0 Å². The van der Waals surface area contributed by atoms with Crippen LogP contribution in [0.4, 0.5) is 11.4 Å². The number of aromatic nitrogens is 2. The van der Waals surface area contributed by atoms with Crippen LogP contribution >= 0.6 is 0 Å². The lowest BCUT2D eigenvalue weighted by molar-refractivity contribution is 0.412. The Balaban J connectivity index is 2.11. The van der Waals surface area contributed by atoms with E-state index in [1.807, 2.05) is 32.0 Å². The Hall–Kier alpha value is -3.79. The first-order chi connectivity index (χ1) is 13.4. The normalized spacial score (nSPS) is 10.9. The van der Waals surface area contributed by atoms with E-state index in [0.29, 0.717) is 16.8 Å². The molecule has 0 saturated heterocycles. The number of azo groups is 1. The predicted molar refractivity (Wildman–Crippen MR) is 105 cm³/mol. The zero-order valence-electron chi connectivity index (χ0n) is 15.8. The zero-order chi connectivity index (χ0) is 20.3. The summed E-state index contributed by atoms with van der Waals surface area (Å²) in [6.45, 7) is 5.61. The van der Waals surface area contributed by atoms with Gasteiger partial charge in [0.15, 0.2) is 5.69 Å². The molecule has 1 N–H and O–H groups in total. The van der Waals surface area contributed by atoms with E-state index in [1.165, 1.54) is 0 Å². The fourth-order valence-corrected chi connectivity index (χ4v) is 2.77. The standard InChI is InChI=1S/C21H19N5O2/c1-13-6-7-17(9-14(13)2)24-25-19-15(3)18(10-22)20(27)26(21(19)28)12-16-5-4-8-23-11-16/h4-9,11,27H,12H2,1-3H3. The highest BCUT2D eigenvalue weighted by Crippen LogP contribution is 2.27. The van der Waals surface area contributed by atoms with E-state index in [1.54, 1.807) is 37.5 Å². The second-order valence-corrected chi connectivity index (χ2v) is 6.51. The Morgan fingerprint density at radius 3 is 2.61 bits per heavy atom. The second kappa shape index (κ2) is 7.84. The maximum Gasteiger partial charge on any atom is 0.281 e. The first-order valence-electron chi connectivity index (χ1n) is 8.66. The van der Waals surface area contributed by atoms with Crippen LogP contribution in [0.25, 0.3) is 0 Å². The quantitative estimate of drug-likeness (QED) is 0.692. The van der Waals surface area contributed by atoms with Crippen LogP contribution in [0.3, 0.4) is 0 Å². The maximum absolute atomic E-state index is 12.9. The largest absolute Gasteiger partial charge is 0.493 e. The first-order valence-corrected chi connectivity index (χ1v) is 8.66. The van der Waals surface area contributed by atoms with Crippen LogP contribution in [0.2, 0.25) is 0 Å². The van der Waals surface area contributed by atoms with Crippen molar-refractivity contribution in [2.75, 3.05) is 0 Å². The molecule has 28 heavy (non-hydrogen) atoms. The Labute approximate surface area is 162 Å². The third kappa shape index (κ3) is 3.67. The average Bonchev–Trinajstić information content (AvgIpc) is 2.69. The summed E-state index contributed by atoms with van der Waals surface area (Å²) in [7, 11) is 0. The molecule has 3 rings (SSSR count). The molecule has 0 saturated carbocycles. The summed E-state index contributed by atoms with van der Waals surface area (Å²) in [5, 5.41) is 28.2. The van der Waals surface area contributed by atoms with Gasteiger partial charge in [-0.25, -0.2) is 0 Å². The lowest BCUT2D eigenvalue weighted by atomic mass is 10.1. The van der Waals surface area contributed by atoms with Crippen LogP contribution in [0, 0.1) is 32.1 Å². The van der Waals surface area contributed by atoms with Gasteiger partial charge in [0.05, 0.1) is 12.2 Å². The van der Waals surface area contributed by atoms with Gasteiger partial charge in [-0.15, -0.1) is 5.11 Å². The van der Waals surface area contributed by atoms with Gasteiger partial charge in [0.1, 0.15) is 11.6 Å². The summed E-state index contributed by atoms with van der Waals surface area (Å²) in [5.41, 5.74) is 3.30. The lowest BCUT2D eigenvalue weighted by Gasteiger charge is -2.13. The van der Waals surface area contributed by atoms with Crippen molar-refractivity contribution in [2.45, 2.75) is 27.3 Å². The number of hydrogen-bond donors (Lipinski definition) is 1. The van der Waals surface area contributed by atoms with Gasteiger partial charge < -0.3 is 5.11 Å². The van der Waals surface area contributed by atoms with Crippen molar-refractivity contribution in [3.63, 3.8) is 0 Å². The Bertz CT molecular complexity index is 1160. The number of benzene rings is 1. The van der Waals surface area contributed by atoms with Crippen molar-refractivity contribution in [1.82, 2.24) is 9.55 Å². The minimum Gasteiger partial charge on any atom is -0.493 e. The molecule has 0 spiro atoms. The molecule has 0 amide bonds. The minimum absolute atomic E-state index is 0.00229. The molecule has 7 nitrogen and oxygen atoms in total. The predicted octanol–water partition coefficient (Wildman–Crippen LogP) is 4.21. The smallest absolute Gasteiger partial charge is 0.281 e. The van der Waals surface area contributed by atoms with Crippen LogP contribution in [0.5, 0.6) is 5.88 Å². The van der Waals surface area contributed by atoms with Gasteiger partial charge in [-0.05, 0) is 55.7 Å². The van der Waals surface area contributed by atoms with E-state index in [2.05, 4.69) is 15.2 Å². The van der Waals surface area contributed by atoms with Gasteiger partial charge >= 0.3 is 0 Å². The summed E-state index contributed by atoms with van der Waals surface area (Å²) in [6.07, 6.45) is 3.21. The van der Waals surface area contributed by atoms with Crippen molar-refractivity contribution < 1.29 is 5.11 Å². The van der Waals surface area contributed by atoms with Gasteiger partial charge in [0.2, 0.25) is 5.88 Å². The molecule has 140 valence electrons. The molecule has 0 aliphatic carbocycles. The number of nitrogens with zero attached hydrogens (tertiary/aromatic N) is 5. The molecule has 2 heterocycles. The van der Waals surface area contributed by atoms with E-state index in [4.69, 9.17) is 0 Å². The highest BCUT2D eigenvalue weighted by molar-refractivity contribution is 5.57. The maximum atomic E-state index is 12.9. The minimum atomic E-state index is -0.523. The SMILES string of the molecule is Cc1ccc(N=Nc2c(C)c(C#N)c(O)n(Cc3cccnc3)c2=O)cc1C. The van der Waals surface area contributed by atoms with E-state index < -0.39 is 5.56 Å². The molecule has 3 aromatic rings. The lowest BCUT2D eigenvalue weighted by Crippen LogP contribution is -2.22. The third-order valence-corrected chi connectivity index (χ3v) is 4.59. The molecule has 0 aliphatic rings. The van der Waals surface area contributed by atoms with Crippen molar-refractivity contribution in [2.24, 2.45) is 10.2 Å². The zero-order valence-corrected chi connectivity index (χ0v) is 15.8. The molecule has 2 aromatic heterocycles. The van der Waals surface area contributed by atoms with Crippen LogP contribution in [-0.4, -0.2) is 14.7 Å². The summed E-state index contributed by atoms with van der Waals surface area (Å²) >= 11 is 0. The summed E-state index contributed by atoms with van der Waals surface area (Å²) in [5.74, 6) is -0.390. The Morgan fingerprint density at radius 1 is 1.18 bits per heavy atom. The number of aromatic hydroxyl groups is 1. The topological polar surface area (TPSA) is 104 Å². The monoisotopic (exact) mass is 373 g/mol.